The molecule has 1 atom stereocenters. The van der Waals surface area contributed by atoms with Crippen LogP contribution in [0.4, 0.5) is 0 Å². The van der Waals surface area contributed by atoms with E-state index < -0.39 is 0 Å². The van der Waals surface area contributed by atoms with Gasteiger partial charge in [0.25, 0.3) is 0 Å². The molecule has 0 spiro atoms. The highest BCUT2D eigenvalue weighted by molar-refractivity contribution is 5.87. The third kappa shape index (κ3) is 4.98. The zero-order valence-corrected chi connectivity index (χ0v) is 18.7. The number of fused-ring (bicyclic) bond motifs is 1. The molecule has 1 aliphatic carbocycles. The molecule has 162 valence electrons. The Morgan fingerprint density at radius 2 is 1.67 bits per heavy atom. The topological polar surface area (TPSA) is 38.8 Å². The highest BCUT2D eigenvalue weighted by Gasteiger charge is 2.32. The summed E-state index contributed by atoms with van der Waals surface area (Å²) in [6, 6.07) is 14.7. The van der Waals surface area contributed by atoms with Gasteiger partial charge in [-0.05, 0) is 73.5 Å². The Labute approximate surface area is 186 Å². The Hall–Kier alpha value is -2.04. The number of hydrogen-bond acceptors (Lipinski definition) is 4. The quantitative estimate of drug-likeness (QED) is 0.619. The van der Waals surface area contributed by atoms with Gasteiger partial charge in [-0.2, -0.15) is 0 Å². The van der Waals surface area contributed by atoms with Crippen LogP contribution in [0.5, 0.6) is 11.5 Å². The third-order valence-electron chi connectivity index (χ3n) is 6.56. The maximum atomic E-state index is 13.1. The van der Waals surface area contributed by atoms with Crippen LogP contribution in [0.1, 0.15) is 48.3 Å². The van der Waals surface area contributed by atoms with Crippen molar-refractivity contribution < 1.29 is 14.3 Å². The number of ether oxygens (including phenoxy) is 2. The van der Waals surface area contributed by atoms with Gasteiger partial charge < -0.3 is 9.47 Å². The van der Waals surface area contributed by atoms with Gasteiger partial charge in [0.1, 0.15) is 5.78 Å². The fourth-order valence-corrected chi connectivity index (χ4v) is 4.88. The number of Topliss-reactive ketones (excluding diaryl/α,β-unsaturated/α-hetero) is 1. The average Bonchev–Trinajstić information content (AvgIpc) is 3.17. The molecule has 30 heavy (non-hydrogen) atoms. The molecule has 5 heteroatoms. The second-order valence-electron chi connectivity index (χ2n) is 8.37. The van der Waals surface area contributed by atoms with E-state index in [0.29, 0.717) is 18.1 Å². The van der Waals surface area contributed by atoms with Crippen molar-refractivity contribution in [1.82, 2.24) is 4.90 Å². The van der Waals surface area contributed by atoms with E-state index in [2.05, 4.69) is 35.2 Å². The van der Waals surface area contributed by atoms with E-state index >= 15 is 0 Å². The van der Waals surface area contributed by atoms with Gasteiger partial charge in [-0.1, -0.05) is 30.3 Å². The van der Waals surface area contributed by atoms with Crippen LogP contribution in [-0.4, -0.2) is 38.0 Å². The first-order valence-corrected chi connectivity index (χ1v) is 10.7. The lowest BCUT2D eigenvalue weighted by Crippen LogP contribution is -2.34. The predicted octanol–water partition coefficient (Wildman–Crippen LogP) is 5.03. The third-order valence-corrected chi connectivity index (χ3v) is 6.56. The predicted molar refractivity (Wildman–Crippen MR) is 122 cm³/mol. The smallest absolute Gasteiger partial charge is 0.161 e. The molecule has 1 aliphatic heterocycles. The van der Waals surface area contributed by atoms with Gasteiger partial charge in [-0.25, -0.2) is 0 Å². The fourth-order valence-electron chi connectivity index (χ4n) is 4.88. The lowest BCUT2D eigenvalue weighted by molar-refractivity contribution is -0.121. The first-order valence-electron chi connectivity index (χ1n) is 10.7. The lowest BCUT2D eigenvalue weighted by atomic mass is 9.85. The number of likely N-dealkylation sites (tertiary alicyclic amines) is 1. The molecule has 4 nitrogen and oxygen atoms in total. The zero-order valence-electron chi connectivity index (χ0n) is 17.9. The Bertz CT molecular complexity index is 847. The Morgan fingerprint density at radius 3 is 2.33 bits per heavy atom. The van der Waals surface area contributed by atoms with Crippen molar-refractivity contribution in [3.05, 3.63) is 59.2 Å². The second-order valence-corrected chi connectivity index (χ2v) is 8.37. The molecule has 4 rings (SSSR count). The maximum absolute atomic E-state index is 13.1. The number of methoxy groups -OCH3 is 2. The van der Waals surface area contributed by atoms with E-state index in [4.69, 9.17) is 9.47 Å². The van der Waals surface area contributed by atoms with Crippen LogP contribution in [0.15, 0.2) is 42.5 Å². The van der Waals surface area contributed by atoms with Crippen LogP contribution in [0, 0.1) is 5.92 Å². The molecule has 0 radical (unpaired) electrons. The van der Waals surface area contributed by atoms with Crippen molar-refractivity contribution in [2.24, 2.45) is 5.92 Å². The van der Waals surface area contributed by atoms with E-state index in [1.54, 1.807) is 14.2 Å². The number of nitrogens with zero attached hydrogens (tertiary/aromatic N) is 1. The first-order chi connectivity index (χ1) is 14.2. The molecule has 1 fully saturated rings. The fraction of sp³-hybridized carbons (Fsp3) is 0.480. The molecular formula is C25H32ClNO3. The number of ketones is 1. The molecule has 1 unspecified atom stereocenters. The molecule has 2 aromatic carbocycles. The zero-order chi connectivity index (χ0) is 20.2. The summed E-state index contributed by atoms with van der Waals surface area (Å²) < 4.78 is 10.9. The Kier molecular flexibility index (Phi) is 7.79. The number of aryl methyl sites for hydroxylation is 1. The summed E-state index contributed by atoms with van der Waals surface area (Å²) in [4.78, 5) is 15.6. The van der Waals surface area contributed by atoms with Gasteiger partial charge in [-0.15, -0.1) is 12.4 Å². The number of carbonyl (C=O) groups is 1. The number of hydrogen-bond donors (Lipinski definition) is 0. The van der Waals surface area contributed by atoms with E-state index in [-0.39, 0.29) is 18.3 Å². The van der Waals surface area contributed by atoms with Crippen molar-refractivity contribution in [1.29, 1.82) is 0 Å². The summed E-state index contributed by atoms with van der Waals surface area (Å²) in [5.41, 5.74) is 3.75. The van der Waals surface area contributed by atoms with Crippen molar-refractivity contribution >= 4 is 18.2 Å². The SMILES string of the molecule is COc1cc2c(cc1OC)C(C(=O)CC1CCN(Cc3ccccc3)CC1)CC2.Cl. The van der Waals surface area contributed by atoms with Gasteiger partial charge >= 0.3 is 0 Å². The number of benzene rings is 2. The van der Waals surface area contributed by atoms with E-state index in [0.717, 1.165) is 62.4 Å². The summed E-state index contributed by atoms with van der Waals surface area (Å²) >= 11 is 0. The molecule has 0 amide bonds. The molecule has 1 heterocycles. The highest BCUT2D eigenvalue weighted by atomic mass is 35.5. The number of rotatable bonds is 7. The van der Waals surface area contributed by atoms with Gasteiger partial charge in [0.15, 0.2) is 11.5 Å². The van der Waals surface area contributed by atoms with Gasteiger partial charge in [0.05, 0.1) is 14.2 Å². The summed E-state index contributed by atoms with van der Waals surface area (Å²) in [6.07, 6.45) is 4.80. The van der Waals surface area contributed by atoms with Crippen LogP contribution < -0.4 is 9.47 Å². The largest absolute Gasteiger partial charge is 0.493 e. The van der Waals surface area contributed by atoms with Crippen LogP contribution >= 0.6 is 12.4 Å². The minimum Gasteiger partial charge on any atom is -0.493 e. The van der Waals surface area contributed by atoms with Crippen molar-refractivity contribution in [3.63, 3.8) is 0 Å². The van der Waals surface area contributed by atoms with E-state index in [1.807, 2.05) is 12.1 Å². The maximum Gasteiger partial charge on any atom is 0.161 e. The standard InChI is InChI=1S/C25H31NO3.ClH/c1-28-24-15-20-8-9-21(22(20)16-25(24)29-2)23(27)14-18-10-12-26(13-11-18)17-19-6-4-3-5-7-19;/h3-7,15-16,18,21H,8-14,17H2,1-2H3;1H. The van der Waals surface area contributed by atoms with Crippen LogP contribution in [0.2, 0.25) is 0 Å². The summed E-state index contributed by atoms with van der Waals surface area (Å²) in [5, 5.41) is 0. The first kappa shape index (κ1) is 22.6. The molecule has 0 N–H and O–H groups in total. The second kappa shape index (κ2) is 10.3. The summed E-state index contributed by atoms with van der Waals surface area (Å²) in [6.45, 7) is 3.18. The minimum atomic E-state index is 0. The Morgan fingerprint density at radius 1 is 1.00 bits per heavy atom. The highest BCUT2D eigenvalue weighted by Crippen LogP contribution is 2.42. The summed E-state index contributed by atoms with van der Waals surface area (Å²) in [5.74, 6) is 2.41. The molecule has 1 saturated heterocycles. The molecule has 2 aromatic rings. The van der Waals surface area contributed by atoms with Gasteiger partial charge in [-0.3, -0.25) is 9.69 Å². The summed E-state index contributed by atoms with van der Waals surface area (Å²) in [7, 11) is 3.31. The van der Waals surface area contributed by atoms with Gasteiger partial charge in [0.2, 0.25) is 0 Å². The molecule has 0 saturated carbocycles. The van der Waals surface area contributed by atoms with E-state index in [1.165, 1.54) is 11.1 Å². The monoisotopic (exact) mass is 429 g/mol. The van der Waals surface area contributed by atoms with Crippen LogP contribution in [-0.2, 0) is 17.8 Å². The average molecular weight is 430 g/mol. The number of carbonyl (C=O) groups excluding carboxylic acids is 1. The lowest BCUT2D eigenvalue weighted by Gasteiger charge is -2.32. The molecular weight excluding hydrogens is 398 g/mol. The van der Waals surface area contributed by atoms with Crippen LogP contribution in [0.25, 0.3) is 0 Å². The molecule has 0 bridgehead atoms. The minimum absolute atomic E-state index is 0. The van der Waals surface area contributed by atoms with Crippen LogP contribution in [0.3, 0.4) is 0 Å². The van der Waals surface area contributed by atoms with Crippen molar-refractivity contribution in [2.45, 2.75) is 44.6 Å². The van der Waals surface area contributed by atoms with Gasteiger partial charge in [0, 0.05) is 18.9 Å². The Balaban J connectivity index is 0.00000256. The molecule has 2 aliphatic rings. The van der Waals surface area contributed by atoms with Crippen molar-refractivity contribution in [2.75, 3.05) is 27.3 Å². The number of halogens is 1. The number of piperidine rings is 1. The van der Waals surface area contributed by atoms with Crippen molar-refractivity contribution in [3.8, 4) is 11.5 Å². The normalized spacial score (nSPS) is 19.1. The van der Waals surface area contributed by atoms with E-state index in [9.17, 15) is 4.79 Å². The molecule has 0 aromatic heterocycles.